The number of aromatic nitrogens is 3. The van der Waals surface area contributed by atoms with E-state index in [4.69, 9.17) is 4.74 Å². The first-order valence-corrected chi connectivity index (χ1v) is 6.65. The smallest absolute Gasteiger partial charge is 0.144 e. The molecule has 2 rings (SSSR count). The van der Waals surface area contributed by atoms with Gasteiger partial charge in [-0.05, 0) is 28.1 Å². The molecule has 0 bridgehead atoms. The number of hydrogen-bond acceptors (Lipinski definition) is 5. The van der Waals surface area contributed by atoms with Gasteiger partial charge in [0, 0.05) is 26.0 Å². The highest BCUT2D eigenvalue weighted by molar-refractivity contribution is 9.10. The molecule has 0 amide bonds. The van der Waals surface area contributed by atoms with Gasteiger partial charge in [-0.1, -0.05) is 6.07 Å². The number of methoxy groups -OCH3 is 1. The lowest BCUT2D eigenvalue weighted by Gasteiger charge is -2.10. The summed E-state index contributed by atoms with van der Waals surface area (Å²) in [6.07, 6.45) is 2.36. The molecule has 0 fully saturated rings. The van der Waals surface area contributed by atoms with Crippen LogP contribution in [0.1, 0.15) is 17.2 Å². The van der Waals surface area contributed by atoms with Crippen LogP contribution in [0.2, 0.25) is 0 Å². The van der Waals surface area contributed by atoms with E-state index in [9.17, 15) is 0 Å². The van der Waals surface area contributed by atoms with Crippen molar-refractivity contribution in [2.75, 3.05) is 19.5 Å². The predicted octanol–water partition coefficient (Wildman–Crippen LogP) is 2.41. The molecule has 0 aliphatic rings. The summed E-state index contributed by atoms with van der Waals surface area (Å²) in [5.74, 6) is 1.48. The van der Waals surface area contributed by atoms with Crippen LogP contribution in [0, 0.1) is 0 Å². The van der Waals surface area contributed by atoms with Gasteiger partial charge in [-0.15, -0.1) is 0 Å². The average molecular weight is 323 g/mol. The van der Waals surface area contributed by atoms with Crippen LogP contribution in [0.3, 0.4) is 0 Å². The molecule has 0 saturated carbocycles. The van der Waals surface area contributed by atoms with Crippen LogP contribution in [-0.4, -0.2) is 29.1 Å². The Morgan fingerprint density at radius 2 is 2.16 bits per heavy atom. The molecule has 2 heterocycles. The summed E-state index contributed by atoms with van der Waals surface area (Å²) in [6.45, 7) is 0.438. The van der Waals surface area contributed by atoms with Crippen molar-refractivity contribution in [2.24, 2.45) is 0 Å². The normalized spacial score (nSPS) is 10.5. The summed E-state index contributed by atoms with van der Waals surface area (Å²) in [5, 5.41) is 3.05. The topological polar surface area (TPSA) is 59.9 Å². The molecule has 5 nitrogen and oxygen atoms in total. The van der Waals surface area contributed by atoms with Crippen LogP contribution >= 0.6 is 15.9 Å². The van der Waals surface area contributed by atoms with Crippen LogP contribution in [0.5, 0.6) is 0 Å². The highest BCUT2D eigenvalue weighted by Crippen LogP contribution is 2.24. The number of anilines is 1. The summed E-state index contributed by atoms with van der Waals surface area (Å²) in [4.78, 5) is 13.3. The lowest BCUT2D eigenvalue weighted by molar-refractivity contribution is 0.180. The minimum atomic E-state index is 0.438. The number of halogens is 1. The molecule has 100 valence electrons. The Morgan fingerprint density at radius 3 is 2.79 bits per heavy atom. The van der Waals surface area contributed by atoms with Crippen molar-refractivity contribution in [1.29, 1.82) is 0 Å². The molecule has 1 N–H and O–H groups in total. The second-order valence-corrected chi connectivity index (χ2v) is 4.72. The minimum Gasteiger partial charge on any atom is -0.378 e. The van der Waals surface area contributed by atoms with E-state index in [0.717, 1.165) is 27.5 Å². The van der Waals surface area contributed by atoms with E-state index in [1.807, 2.05) is 25.2 Å². The van der Waals surface area contributed by atoms with Crippen molar-refractivity contribution < 1.29 is 4.74 Å². The van der Waals surface area contributed by atoms with Crippen LogP contribution in [0.4, 0.5) is 5.82 Å². The standard InChI is InChI=1S/C13H15BrN4O/c1-15-13-12(14)10(8-19-2)17-11(18-13)7-9-5-3-4-6-16-9/h3-6H,7-8H2,1-2H3,(H,15,17,18). The third kappa shape index (κ3) is 3.48. The molecule has 6 heteroatoms. The molecule has 0 unspecified atom stereocenters. The molecule has 0 spiro atoms. The molecule has 0 saturated heterocycles. The van der Waals surface area contributed by atoms with Crippen molar-refractivity contribution >= 4 is 21.7 Å². The Morgan fingerprint density at radius 1 is 1.32 bits per heavy atom. The first-order chi connectivity index (χ1) is 9.24. The molecule has 0 atom stereocenters. The molecular formula is C13H15BrN4O. The van der Waals surface area contributed by atoms with Crippen LogP contribution in [0.25, 0.3) is 0 Å². The molecule has 0 aliphatic carbocycles. The summed E-state index contributed by atoms with van der Waals surface area (Å²) < 4.78 is 5.98. The van der Waals surface area contributed by atoms with Crippen molar-refractivity contribution in [1.82, 2.24) is 15.0 Å². The van der Waals surface area contributed by atoms with E-state index in [1.54, 1.807) is 13.3 Å². The van der Waals surface area contributed by atoms with Crippen LogP contribution in [-0.2, 0) is 17.8 Å². The van der Waals surface area contributed by atoms with Gasteiger partial charge in [0.25, 0.3) is 0 Å². The summed E-state index contributed by atoms with van der Waals surface area (Å²) in [7, 11) is 3.47. The Kier molecular flexibility index (Phi) is 4.81. The quantitative estimate of drug-likeness (QED) is 0.916. The number of rotatable bonds is 5. The third-order valence-electron chi connectivity index (χ3n) is 2.55. The Bertz CT molecular complexity index is 548. The summed E-state index contributed by atoms with van der Waals surface area (Å²) in [6, 6.07) is 5.80. The molecular weight excluding hydrogens is 308 g/mol. The van der Waals surface area contributed by atoms with E-state index < -0.39 is 0 Å². The first kappa shape index (κ1) is 13.9. The SMILES string of the molecule is CNc1nc(Cc2ccccn2)nc(COC)c1Br. The van der Waals surface area contributed by atoms with Gasteiger partial charge in [-0.25, -0.2) is 9.97 Å². The minimum absolute atomic E-state index is 0.438. The fourth-order valence-corrected chi connectivity index (χ4v) is 2.18. The number of nitrogens with one attached hydrogen (secondary N) is 1. The monoisotopic (exact) mass is 322 g/mol. The average Bonchev–Trinajstić information content (AvgIpc) is 2.43. The Balaban J connectivity index is 2.32. The Labute approximate surface area is 120 Å². The molecule has 2 aromatic rings. The van der Waals surface area contributed by atoms with E-state index >= 15 is 0 Å². The molecule has 2 aromatic heterocycles. The Hall–Kier alpha value is -1.53. The van der Waals surface area contributed by atoms with Gasteiger partial charge in [-0.2, -0.15) is 0 Å². The third-order valence-corrected chi connectivity index (χ3v) is 3.38. The lowest BCUT2D eigenvalue weighted by atomic mass is 10.2. The second-order valence-electron chi connectivity index (χ2n) is 3.93. The van der Waals surface area contributed by atoms with Gasteiger partial charge in [0.15, 0.2) is 0 Å². The van der Waals surface area contributed by atoms with Crippen molar-refractivity contribution in [3.8, 4) is 0 Å². The summed E-state index contributed by atoms with van der Waals surface area (Å²) in [5.41, 5.74) is 1.77. The maximum Gasteiger partial charge on any atom is 0.144 e. The number of nitrogens with zero attached hydrogens (tertiary/aromatic N) is 3. The van der Waals surface area contributed by atoms with Crippen molar-refractivity contribution in [2.45, 2.75) is 13.0 Å². The molecule has 0 radical (unpaired) electrons. The van der Waals surface area contributed by atoms with E-state index in [0.29, 0.717) is 13.0 Å². The maximum atomic E-state index is 5.15. The molecule has 0 aliphatic heterocycles. The maximum absolute atomic E-state index is 5.15. The van der Waals surface area contributed by atoms with E-state index in [2.05, 4.69) is 36.2 Å². The predicted molar refractivity (Wildman–Crippen MR) is 77.0 cm³/mol. The van der Waals surface area contributed by atoms with E-state index in [-0.39, 0.29) is 0 Å². The fraction of sp³-hybridized carbons (Fsp3) is 0.308. The summed E-state index contributed by atoms with van der Waals surface area (Å²) >= 11 is 3.48. The van der Waals surface area contributed by atoms with Gasteiger partial charge in [0.05, 0.1) is 23.2 Å². The van der Waals surface area contributed by atoms with Gasteiger partial charge in [0.1, 0.15) is 11.6 Å². The number of hydrogen-bond donors (Lipinski definition) is 1. The lowest BCUT2D eigenvalue weighted by Crippen LogP contribution is -2.07. The number of pyridine rings is 1. The zero-order valence-electron chi connectivity index (χ0n) is 10.9. The number of ether oxygens (including phenoxy) is 1. The molecule has 19 heavy (non-hydrogen) atoms. The highest BCUT2D eigenvalue weighted by Gasteiger charge is 2.11. The van der Waals surface area contributed by atoms with Gasteiger partial charge < -0.3 is 10.1 Å². The van der Waals surface area contributed by atoms with Crippen molar-refractivity contribution in [3.63, 3.8) is 0 Å². The van der Waals surface area contributed by atoms with Crippen LogP contribution < -0.4 is 5.32 Å². The van der Waals surface area contributed by atoms with E-state index in [1.165, 1.54) is 0 Å². The fourth-order valence-electron chi connectivity index (χ4n) is 1.69. The van der Waals surface area contributed by atoms with Gasteiger partial charge >= 0.3 is 0 Å². The van der Waals surface area contributed by atoms with Gasteiger partial charge in [-0.3, -0.25) is 4.98 Å². The van der Waals surface area contributed by atoms with Crippen molar-refractivity contribution in [3.05, 3.63) is 46.1 Å². The zero-order valence-corrected chi connectivity index (χ0v) is 12.4. The van der Waals surface area contributed by atoms with Crippen LogP contribution in [0.15, 0.2) is 28.9 Å². The zero-order chi connectivity index (χ0) is 13.7. The molecule has 0 aromatic carbocycles. The first-order valence-electron chi connectivity index (χ1n) is 5.86. The second kappa shape index (κ2) is 6.58. The highest BCUT2D eigenvalue weighted by atomic mass is 79.9. The largest absolute Gasteiger partial charge is 0.378 e. The van der Waals surface area contributed by atoms with Gasteiger partial charge in [0.2, 0.25) is 0 Å².